The van der Waals surface area contributed by atoms with E-state index in [9.17, 15) is 5.11 Å². The smallest absolute Gasteiger partial charge is 0.0609 e. The predicted molar refractivity (Wildman–Crippen MR) is 70.5 cm³/mol. The SMILES string of the molecule is OC(Cc1c(Cl)cccc1Cl)C1CC2CC2C1. The van der Waals surface area contributed by atoms with Crippen LogP contribution in [0.3, 0.4) is 0 Å². The van der Waals surface area contributed by atoms with Gasteiger partial charge in [-0.1, -0.05) is 29.3 Å². The van der Waals surface area contributed by atoms with Gasteiger partial charge in [-0.2, -0.15) is 0 Å². The van der Waals surface area contributed by atoms with Gasteiger partial charge in [0.1, 0.15) is 0 Å². The molecule has 1 N–H and O–H groups in total. The van der Waals surface area contributed by atoms with Crippen molar-refractivity contribution >= 4 is 23.2 Å². The minimum absolute atomic E-state index is 0.291. The first-order chi connectivity index (χ1) is 8.15. The molecule has 0 aromatic heterocycles. The van der Waals surface area contributed by atoms with Crippen molar-refractivity contribution in [2.24, 2.45) is 17.8 Å². The zero-order chi connectivity index (χ0) is 12.0. The molecule has 3 unspecified atom stereocenters. The Kier molecular flexibility index (Phi) is 3.10. The fourth-order valence-electron chi connectivity index (χ4n) is 3.18. The zero-order valence-corrected chi connectivity index (χ0v) is 11.1. The van der Waals surface area contributed by atoms with Gasteiger partial charge in [0.05, 0.1) is 6.10 Å². The normalized spacial score (nSPS) is 32.3. The van der Waals surface area contributed by atoms with Crippen molar-refractivity contribution < 1.29 is 5.11 Å². The molecule has 0 amide bonds. The van der Waals surface area contributed by atoms with E-state index < -0.39 is 0 Å². The molecule has 1 aromatic carbocycles. The topological polar surface area (TPSA) is 20.2 Å². The average Bonchev–Trinajstić information content (AvgIpc) is 2.91. The van der Waals surface area contributed by atoms with E-state index in [0.717, 1.165) is 17.4 Å². The van der Waals surface area contributed by atoms with E-state index >= 15 is 0 Å². The Labute approximate surface area is 112 Å². The second-order valence-electron chi connectivity index (χ2n) is 5.46. The molecule has 2 aliphatic carbocycles. The number of fused-ring (bicyclic) bond motifs is 1. The van der Waals surface area contributed by atoms with E-state index in [-0.39, 0.29) is 6.10 Å². The Bertz CT molecular complexity index is 402. The average molecular weight is 271 g/mol. The third kappa shape index (κ3) is 2.33. The number of hydrogen-bond donors (Lipinski definition) is 1. The summed E-state index contributed by atoms with van der Waals surface area (Å²) in [6, 6.07) is 5.51. The summed E-state index contributed by atoms with van der Waals surface area (Å²) in [5, 5.41) is 11.6. The highest BCUT2D eigenvalue weighted by Crippen LogP contribution is 2.55. The molecular formula is C14H16Cl2O. The first-order valence-corrected chi connectivity index (χ1v) is 7.01. The largest absolute Gasteiger partial charge is 0.392 e. The summed E-state index contributed by atoms with van der Waals surface area (Å²) in [6.45, 7) is 0. The Balaban J connectivity index is 1.69. The summed E-state index contributed by atoms with van der Waals surface area (Å²) in [7, 11) is 0. The molecule has 92 valence electrons. The summed E-state index contributed by atoms with van der Waals surface area (Å²) < 4.78 is 0. The highest BCUT2D eigenvalue weighted by molar-refractivity contribution is 6.35. The van der Waals surface area contributed by atoms with Crippen molar-refractivity contribution in [3.63, 3.8) is 0 Å². The second kappa shape index (κ2) is 4.46. The second-order valence-corrected chi connectivity index (χ2v) is 6.27. The Morgan fingerprint density at radius 3 is 2.29 bits per heavy atom. The van der Waals surface area contributed by atoms with Crippen molar-refractivity contribution in [3.05, 3.63) is 33.8 Å². The van der Waals surface area contributed by atoms with Gasteiger partial charge in [0, 0.05) is 16.5 Å². The van der Waals surface area contributed by atoms with Crippen LogP contribution < -0.4 is 0 Å². The Hall–Kier alpha value is -0.240. The maximum atomic E-state index is 10.3. The molecule has 0 bridgehead atoms. The molecule has 1 nitrogen and oxygen atoms in total. The van der Waals surface area contributed by atoms with Gasteiger partial charge in [-0.15, -0.1) is 0 Å². The monoisotopic (exact) mass is 270 g/mol. The van der Waals surface area contributed by atoms with Crippen molar-refractivity contribution in [2.75, 3.05) is 0 Å². The lowest BCUT2D eigenvalue weighted by Gasteiger charge is -2.20. The molecule has 2 saturated carbocycles. The third-order valence-corrected chi connectivity index (χ3v) is 5.01. The number of aliphatic hydroxyl groups is 1. The van der Waals surface area contributed by atoms with Gasteiger partial charge in [0.25, 0.3) is 0 Å². The van der Waals surface area contributed by atoms with E-state index in [1.807, 2.05) is 18.2 Å². The molecule has 17 heavy (non-hydrogen) atoms. The lowest BCUT2D eigenvalue weighted by Crippen LogP contribution is -2.22. The first-order valence-electron chi connectivity index (χ1n) is 6.26. The van der Waals surface area contributed by atoms with Crippen molar-refractivity contribution in [3.8, 4) is 0 Å². The van der Waals surface area contributed by atoms with Crippen LogP contribution in [-0.4, -0.2) is 11.2 Å². The van der Waals surface area contributed by atoms with Crippen LogP contribution in [0.1, 0.15) is 24.8 Å². The molecule has 1 aromatic rings. The van der Waals surface area contributed by atoms with Gasteiger partial charge >= 0.3 is 0 Å². The highest BCUT2D eigenvalue weighted by Gasteiger charge is 2.47. The molecular weight excluding hydrogens is 255 g/mol. The molecule has 2 fully saturated rings. The molecule has 0 saturated heterocycles. The summed E-state index contributed by atoms with van der Waals surface area (Å²) in [6.07, 6.45) is 4.06. The molecule has 0 radical (unpaired) electrons. The molecule has 3 heteroatoms. The lowest BCUT2D eigenvalue weighted by atomic mass is 9.92. The van der Waals surface area contributed by atoms with Gasteiger partial charge < -0.3 is 5.11 Å². The van der Waals surface area contributed by atoms with Crippen LogP contribution in [0.5, 0.6) is 0 Å². The minimum atomic E-state index is -0.291. The van der Waals surface area contributed by atoms with Gasteiger partial charge in [0.15, 0.2) is 0 Å². The van der Waals surface area contributed by atoms with Crippen LogP contribution in [0.25, 0.3) is 0 Å². The van der Waals surface area contributed by atoms with Crippen LogP contribution in [-0.2, 0) is 6.42 Å². The predicted octanol–water partition coefficient (Wildman–Crippen LogP) is 3.94. The van der Waals surface area contributed by atoms with Crippen LogP contribution >= 0.6 is 23.2 Å². The van der Waals surface area contributed by atoms with E-state index in [1.165, 1.54) is 19.3 Å². The van der Waals surface area contributed by atoms with E-state index in [0.29, 0.717) is 22.4 Å². The molecule has 3 atom stereocenters. The van der Waals surface area contributed by atoms with E-state index in [4.69, 9.17) is 23.2 Å². The molecule has 2 aliphatic rings. The van der Waals surface area contributed by atoms with Gasteiger partial charge in [0.2, 0.25) is 0 Å². The highest BCUT2D eigenvalue weighted by atomic mass is 35.5. The standard InChI is InChI=1S/C14H16Cl2O/c15-12-2-1-3-13(16)11(12)7-14(17)10-5-8-4-9(8)6-10/h1-3,8-10,14,17H,4-7H2. The van der Waals surface area contributed by atoms with Gasteiger partial charge in [-0.25, -0.2) is 0 Å². The molecule has 0 aliphatic heterocycles. The molecule has 0 spiro atoms. The van der Waals surface area contributed by atoms with Crippen LogP contribution in [0.15, 0.2) is 18.2 Å². The third-order valence-electron chi connectivity index (χ3n) is 4.30. The lowest BCUT2D eigenvalue weighted by molar-refractivity contribution is 0.104. The fourth-order valence-corrected chi connectivity index (χ4v) is 3.73. The Morgan fingerprint density at radius 1 is 1.12 bits per heavy atom. The quantitative estimate of drug-likeness (QED) is 0.882. The summed E-state index contributed by atoms with van der Waals surface area (Å²) in [4.78, 5) is 0. The number of halogens is 2. The zero-order valence-electron chi connectivity index (χ0n) is 9.57. The van der Waals surface area contributed by atoms with Crippen LogP contribution in [0, 0.1) is 17.8 Å². The van der Waals surface area contributed by atoms with Gasteiger partial charge in [-0.3, -0.25) is 0 Å². The van der Waals surface area contributed by atoms with Crippen molar-refractivity contribution in [2.45, 2.75) is 31.8 Å². The van der Waals surface area contributed by atoms with E-state index in [1.54, 1.807) is 0 Å². The maximum absolute atomic E-state index is 10.3. The van der Waals surface area contributed by atoms with E-state index in [2.05, 4.69) is 0 Å². The summed E-state index contributed by atoms with van der Waals surface area (Å²) >= 11 is 12.2. The minimum Gasteiger partial charge on any atom is -0.392 e. The van der Waals surface area contributed by atoms with Crippen LogP contribution in [0.4, 0.5) is 0 Å². The summed E-state index contributed by atoms with van der Waals surface area (Å²) in [5.74, 6) is 2.25. The molecule has 0 heterocycles. The van der Waals surface area contributed by atoms with Crippen molar-refractivity contribution in [1.29, 1.82) is 0 Å². The number of benzene rings is 1. The maximum Gasteiger partial charge on any atom is 0.0609 e. The fraction of sp³-hybridized carbons (Fsp3) is 0.571. The van der Waals surface area contributed by atoms with Gasteiger partial charge in [-0.05, 0) is 54.7 Å². The Morgan fingerprint density at radius 2 is 1.71 bits per heavy atom. The number of hydrogen-bond acceptors (Lipinski definition) is 1. The number of aliphatic hydroxyl groups excluding tert-OH is 1. The van der Waals surface area contributed by atoms with Crippen molar-refractivity contribution in [1.82, 2.24) is 0 Å². The number of rotatable bonds is 3. The summed E-state index contributed by atoms with van der Waals surface area (Å²) in [5.41, 5.74) is 0.893. The van der Waals surface area contributed by atoms with Crippen LogP contribution in [0.2, 0.25) is 10.0 Å². The molecule has 3 rings (SSSR count). The first kappa shape index (κ1) is 11.8.